The van der Waals surface area contributed by atoms with Gasteiger partial charge in [-0.3, -0.25) is 14.4 Å². The number of hydrogen-bond donors (Lipinski definition) is 6. The molecule has 5 aromatic rings. The maximum absolute atomic E-state index is 13.4. The molecular formula is C37H31F9N6O3. The number of carbonyl (C=O) groups excluding carboxylic acids is 3. The van der Waals surface area contributed by atoms with E-state index in [0.717, 1.165) is 42.0 Å². The minimum atomic E-state index is -4.64. The van der Waals surface area contributed by atoms with Crippen molar-refractivity contribution in [2.24, 2.45) is 0 Å². The van der Waals surface area contributed by atoms with Gasteiger partial charge in [0, 0.05) is 41.0 Å². The van der Waals surface area contributed by atoms with Gasteiger partial charge in [0.15, 0.2) is 0 Å². The Labute approximate surface area is 307 Å². The first-order valence-corrected chi connectivity index (χ1v) is 15.5. The molecule has 0 aliphatic carbocycles. The van der Waals surface area contributed by atoms with Crippen molar-refractivity contribution >= 4 is 51.8 Å². The van der Waals surface area contributed by atoms with E-state index in [1.807, 2.05) is 0 Å². The Hall–Kier alpha value is -6.72. The Morgan fingerprint density at radius 2 is 0.945 bits per heavy atom. The fraction of sp³-hybridized carbons (Fsp3) is 0.108. The minimum Gasteiger partial charge on any atom is -0.399 e. The number of nitrogens with two attached hydrogens (primary N) is 3. The number of benzene rings is 5. The molecule has 0 saturated heterocycles. The van der Waals surface area contributed by atoms with Crippen LogP contribution in [0.15, 0.2) is 97.1 Å². The maximum atomic E-state index is 13.4. The number of amides is 3. The molecule has 9 N–H and O–H groups in total. The summed E-state index contributed by atoms with van der Waals surface area (Å²) in [4.78, 5) is 34.3. The molecule has 18 heteroatoms. The maximum Gasteiger partial charge on any atom is 0.418 e. The summed E-state index contributed by atoms with van der Waals surface area (Å²) in [6.07, 6.45) is -9.15. The molecule has 5 aromatic carbocycles. The van der Waals surface area contributed by atoms with Gasteiger partial charge in [-0.05, 0) is 91.3 Å². The van der Waals surface area contributed by atoms with Crippen molar-refractivity contribution in [3.8, 4) is 0 Å². The molecule has 0 unspecified atom stereocenters. The Bertz CT molecular complexity index is 2170. The van der Waals surface area contributed by atoms with Crippen molar-refractivity contribution in [1.29, 1.82) is 0 Å². The second-order valence-electron chi connectivity index (χ2n) is 11.3. The van der Waals surface area contributed by atoms with E-state index in [-0.39, 0.29) is 22.6 Å². The molecule has 0 saturated carbocycles. The van der Waals surface area contributed by atoms with Crippen LogP contribution in [-0.2, 0) is 17.1 Å². The molecule has 0 fully saturated rings. The van der Waals surface area contributed by atoms with Crippen LogP contribution in [0.5, 0.6) is 0 Å². The third-order valence-corrected chi connectivity index (χ3v) is 7.13. The van der Waals surface area contributed by atoms with E-state index in [1.54, 1.807) is 25.1 Å². The van der Waals surface area contributed by atoms with E-state index in [2.05, 4.69) is 16.0 Å². The summed E-state index contributed by atoms with van der Waals surface area (Å²) in [7, 11) is 0. The molecular weight excluding hydrogens is 747 g/mol. The molecule has 0 heterocycles. The lowest BCUT2D eigenvalue weighted by atomic mass is 10.1. The second kappa shape index (κ2) is 17.9. The molecule has 55 heavy (non-hydrogen) atoms. The van der Waals surface area contributed by atoms with Crippen molar-refractivity contribution < 1.29 is 53.9 Å². The molecule has 0 radical (unpaired) electrons. The lowest BCUT2D eigenvalue weighted by molar-refractivity contribution is -0.137. The van der Waals surface area contributed by atoms with E-state index in [4.69, 9.17) is 17.2 Å². The normalized spacial score (nSPS) is 10.9. The summed E-state index contributed by atoms with van der Waals surface area (Å²) in [6.45, 7) is 2.98. The first-order valence-electron chi connectivity index (χ1n) is 15.5. The van der Waals surface area contributed by atoms with Crippen LogP contribution in [0, 0.1) is 24.4 Å². The van der Waals surface area contributed by atoms with Crippen LogP contribution in [0.1, 0.15) is 44.3 Å². The first kappa shape index (κ1) is 42.7. The van der Waals surface area contributed by atoms with Crippen molar-refractivity contribution in [1.82, 2.24) is 0 Å². The quantitative estimate of drug-likeness (QED) is 0.0770. The van der Waals surface area contributed by atoms with Gasteiger partial charge in [0.25, 0.3) is 11.8 Å². The van der Waals surface area contributed by atoms with Crippen molar-refractivity contribution in [2.45, 2.75) is 26.2 Å². The molecule has 9 nitrogen and oxygen atoms in total. The zero-order valence-electron chi connectivity index (χ0n) is 28.6. The van der Waals surface area contributed by atoms with Gasteiger partial charge in [-0.15, -0.1) is 0 Å². The van der Waals surface area contributed by atoms with Gasteiger partial charge >= 0.3 is 12.4 Å². The SMILES string of the molecule is CC(=O)Nc1ccc(N)c(C(F)(F)F)c1.Cc1cc(NC(=O)c2c(F)cccc2F)ccc1N.Nc1ccc(NC(=O)c2ccccc2F)cc1C(F)(F)F. The minimum absolute atomic E-state index is 0.0732. The van der Waals surface area contributed by atoms with Gasteiger partial charge in [0.05, 0.1) is 16.7 Å². The van der Waals surface area contributed by atoms with Gasteiger partial charge < -0.3 is 33.2 Å². The van der Waals surface area contributed by atoms with E-state index < -0.39 is 69.9 Å². The monoisotopic (exact) mass is 778 g/mol. The van der Waals surface area contributed by atoms with Gasteiger partial charge in [-0.1, -0.05) is 18.2 Å². The molecule has 290 valence electrons. The number of nitrogens with one attached hydrogen (secondary N) is 3. The number of anilines is 6. The fourth-order valence-corrected chi connectivity index (χ4v) is 4.47. The highest BCUT2D eigenvalue weighted by Crippen LogP contribution is 2.36. The van der Waals surface area contributed by atoms with Gasteiger partial charge in [-0.25, -0.2) is 13.2 Å². The molecule has 5 rings (SSSR count). The number of aryl methyl sites for hydroxylation is 1. The predicted octanol–water partition coefficient (Wildman–Crippen LogP) is 9.03. The summed E-state index contributed by atoms with van der Waals surface area (Å²) in [5, 5.41) is 6.89. The highest BCUT2D eigenvalue weighted by molar-refractivity contribution is 6.05. The van der Waals surface area contributed by atoms with Crippen LogP contribution >= 0.6 is 0 Å². The lowest BCUT2D eigenvalue weighted by Gasteiger charge is -2.12. The smallest absolute Gasteiger partial charge is 0.399 e. The third-order valence-electron chi connectivity index (χ3n) is 7.13. The van der Waals surface area contributed by atoms with E-state index >= 15 is 0 Å². The molecule has 3 amide bonds. The zero-order valence-corrected chi connectivity index (χ0v) is 28.6. The van der Waals surface area contributed by atoms with Crippen molar-refractivity contribution in [2.75, 3.05) is 33.2 Å². The Kier molecular flexibility index (Phi) is 13.9. The van der Waals surface area contributed by atoms with Gasteiger partial charge in [0.2, 0.25) is 5.91 Å². The summed E-state index contributed by atoms with van der Waals surface area (Å²) < 4.78 is 115. The van der Waals surface area contributed by atoms with E-state index in [9.17, 15) is 53.9 Å². The van der Waals surface area contributed by atoms with Crippen LogP contribution in [0.4, 0.5) is 73.6 Å². The largest absolute Gasteiger partial charge is 0.418 e. The third kappa shape index (κ3) is 12.2. The molecule has 0 aromatic heterocycles. The number of rotatable bonds is 5. The number of nitrogen functional groups attached to an aromatic ring is 3. The Morgan fingerprint density at radius 3 is 1.40 bits per heavy atom. The van der Waals surface area contributed by atoms with Crippen LogP contribution in [0.25, 0.3) is 0 Å². The number of alkyl halides is 6. The van der Waals surface area contributed by atoms with E-state index in [1.165, 1.54) is 43.3 Å². The molecule has 0 atom stereocenters. The highest BCUT2D eigenvalue weighted by atomic mass is 19.4. The average Bonchev–Trinajstić information content (AvgIpc) is 3.07. The molecule has 0 spiro atoms. The standard InChI is InChI=1S/C14H10F4N2O.C14H12F2N2O.C9H9F3N2O/c15-11-4-2-1-3-9(11)13(21)20-8-5-6-12(19)10(7-8)14(16,17)18;1-8-7-9(5-6-12(8)17)18-14(19)13-10(15)3-2-4-11(13)16;1-5(15)14-6-2-3-8(13)7(4-6)9(10,11)12/h1-7H,19H2,(H,20,21);2-7H,17H2,1H3,(H,18,19);2-4H,13H2,1H3,(H,14,15). The predicted molar refractivity (Wildman–Crippen MR) is 190 cm³/mol. The Balaban J connectivity index is 0.000000225. The average molecular weight is 779 g/mol. The number of halogens is 9. The number of hydrogen-bond acceptors (Lipinski definition) is 6. The lowest BCUT2D eigenvalue weighted by Crippen LogP contribution is -2.16. The van der Waals surface area contributed by atoms with Crippen LogP contribution < -0.4 is 33.2 Å². The molecule has 0 aliphatic rings. The number of carbonyl (C=O) groups is 3. The van der Waals surface area contributed by atoms with Crippen LogP contribution in [0.3, 0.4) is 0 Å². The summed E-state index contributed by atoms with van der Waals surface area (Å²) >= 11 is 0. The van der Waals surface area contributed by atoms with E-state index in [0.29, 0.717) is 17.4 Å². The first-order chi connectivity index (χ1) is 25.6. The highest BCUT2D eigenvalue weighted by Gasteiger charge is 2.34. The summed E-state index contributed by atoms with van der Waals surface area (Å²) in [5.41, 5.74) is 14.1. The molecule has 0 bridgehead atoms. The van der Waals surface area contributed by atoms with Crippen LogP contribution in [-0.4, -0.2) is 17.7 Å². The summed E-state index contributed by atoms with van der Waals surface area (Å²) in [6, 6.07) is 19.4. The molecule has 0 aliphatic heterocycles. The van der Waals surface area contributed by atoms with Gasteiger partial charge in [-0.2, -0.15) is 26.3 Å². The topological polar surface area (TPSA) is 165 Å². The van der Waals surface area contributed by atoms with Crippen molar-refractivity contribution in [3.05, 3.63) is 142 Å². The Morgan fingerprint density at radius 1 is 0.527 bits per heavy atom. The summed E-state index contributed by atoms with van der Waals surface area (Å²) in [5.74, 6) is -4.67. The zero-order chi connectivity index (χ0) is 41.2. The fourth-order valence-electron chi connectivity index (χ4n) is 4.47. The second-order valence-corrected chi connectivity index (χ2v) is 11.3. The van der Waals surface area contributed by atoms with Crippen molar-refractivity contribution in [3.63, 3.8) is 0 Å². The van der Waals surface area contributed by atoms with Gasteiger partial charge in [0.1, 0.15) is 23.0 Å². The van der Waals surface area contributed by atoms with Crippen LogP contribution in [0.2, 0.25) is 0 Å².